The molecule has 156 valence electrons. The van der Waals surface area contributed by atoms with Crippen molar-refractivity contribution >= 4 is 11.9 Å². The number of aliphatic carboxylic acids is 1. The maximum Gasteiger partial charge on any atom is 0.338 e. The van der Waals surface area contributed by atoms with E-state index >= 15 is 0 Å². The quantitative estimate of drug-likeness (QED) is 0.188. The van der Waals surface area contributed by atoms with Crippen LogP contribution in [-0.4, -0.2) is 131 Å². The topological polar surface area (TPSA) is 277 Å². The van der Waals surface area contributed by atoms with Crippen molar-refractivity contribution in [3.8, 4) is 0 Å². The van der Waals surface area contributed by atoms with E-state index in [9.17, 15) is 9.59 Å². The van der Waals surface area contributed by atoms with Gasteiger partial charge in [-0.1, -0.05) is 0 Å². The maximum atomic E-state index is 10.7. The normalized spacial score (nSPS) is 29.8. The highest BCUT2D eigenvalue weighted by Crippen LogP contribution is 2.15. The highest BCUT2D eigenvalue weighted by atomic mass is 16.6. The molecule has 1 heterocycles. The molecule has 1 saturated heterocycles. The molecule has 12 N–H and O–H groups in total. The fraction of sp³-hybridized carbons (Fsp3) is 0.833. The summed E-state index contributed by atoms with van der Waals surface area (Å²) in [5, 5.41) is 87.3. The Kier molecular flexibility index (Phi) is 12.4. The van der Waals surface area contributed by atoms with Gasteiger partial charge in [0.2, 0.25) is 0 Å². The zero-order valence-electron chi connectivity index (χ0n) is 13.2. The molecule has 0 aromatic heterocycles. The largest absolute Gasteiger partial charge is 0.479 e. The lowest BCUT2D eigenvalue weighted by atomic mass is 10.0. The number of carbonyl (C=O) groups is 2. The molecule has 26 heavy (non-hydrogen) atoms. The van der Waals surface area contributed by atoms with Gasteiger partial charge in [-0.15, -0.1) is 0 Å². The number of aliphatic hydroxyl groups is 9. The van der Waals surface area contributed by atoms with Crippen LogP contribution in [0, 0.1) is 0 Å². The Morgan fingerprint density at radius 1 is 1.00 bits per heavy atom. The van der Waals surface area contributed by atoms with Crippen LogP contribution in [0.1, 0.15) is 0 Å². The molecule has 8 atom stereocenters. The summed E-state index contributed by atoms with van der Waals surface area (Å²) in [5.41, 5.74) is 0. The minimum absolute atomic E-state index is 0. The Bertz CT molecular complexity index is 428. The Labute approximate surface area is 146 Å². The van der Waals surface area contributed by atoms with Crippen molar-refractivity contribution < 1.29 is 70.9 Å². The molecule has 1 rings (SSSR count). The summed E-state index contributed by atoms with van der Waals surface area (Å²) in [6.45, 7) is -1.43. The molecule has 8 unspecified atom stereocenters. The molecule has 0 aliphatic carbocycles. The fourth-order valence-electron chi connectivity index (χ4n) is 1.65. The summed E-state index contributed by atoms with van der Waals surface area (Å²) >= 11 is 0. The second-order valence-electron chi connectivity index (χ2n) is 5.10. The predicted molar refractivity (Wildman–Crippen MR) is 77.3 cm³/mol. The monoisotopic (exact) mass is 392 g/mol. The van der Waals surface area contributed by atoms with E-state index in [1.54, 1.807) is 0 Å². The van der Waals surface area contributed by atoms with Crippen molar-refractivity contribution in [3.05, 3.63) is 0 Å². The molecule has 0 aromatic carbocycles. The second-order valence-corrected chi connectivity index (χ2v) is 5.10. The van der Waals surface area contributed by atoms with Gasteiger partial charge in [-0.3, -0.25) is 0 Å². The van der Waals surface area contributed by atoms with Crippen molar-refractivity contribution in [1.29, 1.82) is 0 Å². The third kappa shape index (κ3) is 7.04. The van der Waals surface area contributed by atoms with Crippen molar-refractivity contribution in [2.75, 3.05) is 13.2 Å². The number of cyclic esters (lactones) is 1. The lowest BCUT2D eigenvalue weighted by Crippen LogP contribution is -2.56. The van der Waals surface area contributed by atoms with Crippen molar-refractivity contribution in [3.63, 3.8) is 0 Å². The molecule has 0 amide bonds. The number of aliphatic hydroxyl groups excluding tert-OH is 9. The van der Waals surface area contributed by atoms with Crippen LogP contribution >= 0.6 is 0 Å². The lowest BCUT2D eigenvalue weighted by Gasteiger charge is -2.32. The maximum absolute atomic E-state index is 10.7. The van der Waals surface area contributed by atoms with Gasteiger partial charge in [-0.05, 0) is 0 Å². The van der Waals surface area contributed by atoms with Gasteiger partial charge >= 0.3 is 11.9 Å². The van der Waals surface area contributed by atoms with E-state index in [-0.39, 0.29) is 5.48 Å². The van der Waals surface area contributed by atoms with Crippen LogP contribution in [0.2, 0.25) is 0 Å². The number of hydrogen-bond donors (Lipinski definition) is 10. The SMILES string of the molecule is O.O=C(O)C(O)C(O)C(O)C(O)CO.O=C1OC(CO)C(O)C(O)C1O. The average Bonchev–Trinajstić information content (AvgIpc) is 2.60. The molecule has 14 nitrogen and oxygen atoms in total. The first-order chi connectivity index (χ1) is 11.5. The van der Waals surface area contributed by atoms with E-state index in [4.69, 9.17) is 51.1 Å². The molecule has 1 fully saturated rings. The van der Waals surface area contributed by atoms with Gasteiger partial charge in [0.15, 0.2) is 18.3 Å². The van der Waals surface area contributed by atoms with Crippen LogP contribution in [0.5, 0.6) is 0 Å². The second kappa shape index (κ2) is 12.0. The van der Waals surface area contributed by atoms with Crippen LogP contribution in [-0.2, 0) is 14.3 Å². The number of rotatable bonds is 6. The molecule has 1 aliphatic heterocycles. The van der Waals surface area contributed by atoms with E-state index in [0.29, 0.717) is 0 Å². The first-order valence-electron chi connectivity index (χ1n) is 6.91. The highest BCUT2D eigenvalue weighted by Gasteiger charge is 2.43. The fourth-order valence-corrected chi connectivity index (χ4v) is 1.65. The van der Waals surface area contributed by atoms with Crippen molar-refractivity contribution in [2.24, 2.45) is 0 Å². The van der Waals surface area contributed by atoms with Gasteiger partial charge < -0.3 is 61.3 Å². The zero-order chi connectivity index (χ0) is 19.9. The first-order valence-corrected chi connectivity index (χ1v) is 6.91. The molecule has 0 aromatic rings. The zero-order valence-corrected chi connectivity index (χ0v) is 13.2. The van der Waals surface area contributed by atoms with Gasteiger partial charge in [0.25, 0.3) is 0 Å². The van der Waals surface area contributed by atoms with Gasteiger partial charge in [-0.25, -0.2) is 9.59 Å². The minimum atomic E-state index is -2.20. The number of carboxylic acid groups (broad SMARTS) is 1. The average molecular weight is 392 g/mol. The third-order valence-electron chi connectivity index (χ3n) is 3.25. The summed E-state index contributed by atoms with van der Waals surface area (Å²) in [6.07, 6.45) is -13.8. The Balaban J connectivity index is 0. The Morgan fingerprint density at radius 3 is 1.88 bits per heavy atom. The van der Waals surface area contributed by atoms with E-state index < -0.39 is 74.0 Å². The van der Waals surface area contributed by atoms with E-state index in [2.05, 4.69) is 4.74 Å². The highest BCUT2D eigenvalue weighted by molar-refractivity contribution is 5.76. The van der Waals surface area contributed by atoms with E-state index in [1.165, 1.54) is 0 Å². The molecule has 0 radical (unpaired) electrons. The number of carbonyl (C=O) groups excluding carboxylic acids is 1. The number of esters is 1. The molecule has 0 spiro atoms. The summed E-state index contributed by atoms with van der Waals surface area (Å²) < 4.78 is 4.38. The van der Waals surface area contributed by atoms with Crippen LogP contribution in [0.15, 0.2) is 0 Å². The van der Waals surface area contributed by atoms with Gasteiger partial charge in [0.05, 0.1) is 13.2 Å². The van der Waals surface area contributed by atoms with Crippen LogP contribution < -0.4 is 0 Å². The Hall–Kier alpha value is -1.46. The van der Waals surface area contributed by atoms with E-state index in [0.717, 1.165) is 0 Å². The van der Waals surface area contributed by atoms with Gasteiger partial charge in [0, 0.05) is 0 Å². The predicted octanol–water partition coefficient (Wildman–Crippen LogP) is -7.33. The Morgan fingerprint density at radius 2 is 1.50 bits per heavy atom. The minimum Gasteiger partial charge on any atom is -0.479 e. The summed E-state index contributed by atoms with van der Waals surface area (Å²) in [4.78, 5) is 20.8. The van der Waals surface area contributed by atoms with Gasteiger partial charge in [0.1, 0.15) is 30.5 Å². The first kappa shape index (κ1) is 26.8. The molecule has 0 bridgehead atoms. The summed E-state index contributed by atoms with van der Waals surface area (Å²) in [7, 11) is 0. The third-order valence-corrected chi connectivity index (χ3v) is 3.25. The lowest BCUT2D eigenvalue weighted by molar-refractivity contribution is -0.206. The number of hydrogen-bond acceptors (Lipinski definition) is 12. The van der Waals surface area contributed by atoms with Crippen LogP contribution in [0.3, 0.4) is 0 Å². The van der Waals surface area contributed by atoms with Crippen molar-refractivity contribution in [2.45, 2.75) is 48.8 Å². The standard InChI is InChI=1S/C6H12O7.C6H10O6.H2O/c7-1-2(8)3(9)4(10)5(11)6(12)13;7-1-2-3(8)4(9)5(10)6(11)12-2;/h2-5,7-11H,1H2,(H,12,13);2-5,7-10H,1H2;1H2. The van der Waals surface area contributed by atoms with Crippen molar-refractivity contribution in [1.82, 2.24) is 0 Å². The molecular weight excluding hydrogens is 368 g/mol. The molecule has 14 heteroatoms. The van der Waals surface area contributed by atoms with E-state index in [1.807, 2.05) is 0 Å². The number of carboxylic acids is 1. The summed E-state index contributed by atoms with van der Waals surface area (Å²) in [6, 6.07) is 0. The number of ether oxygens (including phenoxy) is 1. The molecule has 0 saturated carbocycles. The van der Waals surface area contributed by atoms with Gasteiger partial charge in [-0.2, -0.15) is 0 Å². The molecule has 1 aliphatic rings. The van der Waals surface area contributed by atoms with Crippen LogP contribution in [0.4, 0.5) is 0 Å². The summed E-state index contributed by atoms with van der Waals surface area (Å²) in [5.74, 6) is -2.76. The molecular formula is C12H24O14. The van der Waals surface area contributed by atoms with Crippen LogP contribution in [0.25, 0.3) is 0 Å². The smallest absolute Gasteiger partial charge is 0.338 e.